The van der Waals surface area contributed by atoms with Crippen molar-refractivity contribution in [3.63, 3.8) is 0 Å². The molecule has 1 aliphatic carbocycles. The number of aromatic nitrogens is 2. The molecule has 0 aliphatic heterocycles. The van der Waals surface area contributed by atoms with E-state index in [1.807, 2.05) is 7.05 Å². The van der Waals surface area contributed by atoms with Crippen molar-refractivity contribution in [3.05, 3.63) is 6.33 Å². The molecule has 0 spiro atoms. The molecule has 0 aromatic carbocycles. The van der Waals surface area contributed by atoms with Gasteiger partial charge in [-0.05, 0) is 26.2 Å². The molecule has 0 saturated heterocycles. The number of nitrogens with one attached hydrogen (secondary N) is 2. The standard InChI is InChI=1S/C11H18N4O/c1-11(5-4-6-11)15-10-8(16-3)9(12-2)13-7-14-10/h7H,4-6H2,1-3H3,(H2,12,13,14,15). The summed E-state index contributed by atoms with van der Waals surface area (Å²) in [5.74, 6) is 2.16. The molecule has 1 aliphatic rings. The molecule has 16 heavy (non-hydrogen) atoms. The maximum absolute atomic E-state index is 5.33. The largest absolute Gasteiger partial charge is 0.490 e. The van der Waals surface area contributed by atoms with Crippen molar-refractivity contribution in [2.24, 2.45) is 0 Å². The summed E-state index contributed by atoms with van der Waals surface area (Å²) in [6.45, 7) is 2.21. The summed E-state index contributed by atoms with van der Waals surface area (Å²) in [5, 5.41) is 6.43. The number of anilines is 2. The second kappa shape index (κ2) is 4.15. The topological polar surface area (TPSA) is 59.1 Å². The molecule has 0 amide bonds. The van der Waals surface area contributed by atoms with E-state index in [4.69, 9.17) is 4.74 Å². The molecular formula is C11H18N4O. The van der Waals surface area contributed by atoms with Gasteiger partial charge in [0.15, 0.2) is 11.6 Å². The average molecular weight is 222 g/mol. The number of hydrogen-bond donors (Lipinski definition) is 2. The van der Waals surface area contributed by atoms with Crippen molar-refractivity contribution in [2.75, 3.05) is 24.8 Å². The van der Waals surface area contributed by atoms with E-state index in [1.54, 1.807) is 13.4 Å². The highest BCUT2D eigenvalue weighted by Crippen LogP contribution is 2.38. The highest BCUT2D eigenvalue weighted by Gasteiger charge is 2.33. The van der Waals surface area contributed by atoms with E-state index in [-0.39, 0.29) is 5.54 Å². The molecule has 1 heterocycles. The van der Waals surface area contributed by atoms with Crippen LogP contribution >= 0.6 is 0 Å². The van der Waals surface area contributed by atoms with Crippen LogP contribution in [0.4, 0.5) is 11.6 Å². The van der Waals surface area contributed by atoms with Crippen LogP contribution < -0.4 is 15.4 Å². The Bertz CT molecular complexity index is 376. The number of hydrogen-bond acceptors (Lipinski definition) is 5. The zero-order valence-electron chi connectivity index (χ0n) is 10.0. The predicted octanol–water partition coefficient (Wildman–Crippen LogP) is 1.88. The minimum Gasteiger partial charge on any atom is -0.490 e. The summed E-state index contributed by atoms with van der Waals surface area (Å²) in [6.07, 6.45) is 5.17. The number of ether oxygens (including phenoxy) is 1. The van der Waals surface area contributed by atoms with Gasteiger partial charge in [-0.25, -0.2) is 9.97 Å². The third-order valence-corrected chi connectivity index (χ3v) is 3.12. The Balaban J connectivity index is 2.25. The zero-order valence-corrected chi connectivity index (χ0v) is 10.0. The molecule has 1 fully saturated rings. The Labute approximate surface area is 95.6 Å². The maximum atomic E-state index is 5.33. The monoisotopic (exact) mass is 222 g/mol. The van der Waals surface area contributed by atoms with Gasteiger partial charge in [0.05, 0.1) is 7.11 Å². The lowest BCUT2D eigenvalue weighted by Crippen LogP contribution is -2.42. The fourth-order valence-electron chi connectivity index (χ4n) is 1.95. The Kier molecular flexibility index (Phi) is 2.85. The van der Waals surface area contributed by atoms with Gasteiger partial charge in [0.25, 0.3) is 0 Å². The molecule has 88 valence electrons. The normalized spacial score (nSPS) is 17.4. The van der Waals surface area contributed by atoms with Crippen molar-refractivity contribution >= 4 is 11.6 Å². The molecule has 0 radical (unpaired) electrons. The predicted molar refractivity (Wildman–Crippen MR) is 64.0 cm³/mol. The molecule has 1 saturated carbocycles. The molecule has 0 unspecified atom stereocenters. The summed E-state index contributed by atoms with van der Waals surface area (Å²) >= 11 is 0. The summed E-state index contributed by atoms with van der Waals surface area (Å²) in [4.78, 5) is 8.35. The second-order valence-electron chi connectivity index (χ2n) is 4.39. The van der Waals surface area contributed by atoms with E-state index in [1.165, 1.54) is 19.3 Å². The molecular weight excluding hydrogens is 204 g/mol. The maximum Gasteiger partial charge on any atom is 0.204 e. The quantitative estimate of drug-likeness (QED) is 0.814. The first kappa shape index (κ1) is 11.0. The fraction of sp³-hybridized carbons (Fsp3) is 0.636. The Morgan fingerprint density at radius 3 is 2.50 bits per heavy atom. The first-order valence-electron chi connectivity index (χ1n) is 5.53. The van der Waals surface area contributed by atoms with Crippen LogP contribution in [0.3, 0.4) is 0 Å². The minimum atomic E-state index is 0.159. The van der Waals surface area contributed by atoms with Crippen LogP contribution in [-0.4, -0.2) is 29.7 Å². The minimum absolute atomic E-state index is 0.159. The van der Waals surface area contributed by atoms with Crippen LogP contribution in [0.5, 0.6) is 5.75 Å². The number of nitrogens with zero attached hydrogens (tertiary/aromatic N) is 2. The summed E-state index contributed by atoms with van der Waals surface area (Å²) < 4.78 is 5.33. The average Bonchev–Trinajstić information content (AvgIpc) is 2.26. The van der Waals surface area contributed by atoms with Crippen LogP contribution in [0.15, 0.2) is 6.33 Å². The van der Waals surface area contributed by atoms with E-state index in [0.29, 0.717) is 11.6 Å². The van der Waals surface area contributed by atoms with Crippen LogP contribution in [0.2, 0.25) is 0 Å². The lowest BCUT2D eigenvalue weighted by Gasteiger charge is -2.39. The number of rotatable bonds is 4. The summed E-state index contributed by atoms with van der Waals surface area (Å²) in [5.41, 5.74) is 0.159. The Morgan fingerprint density at radius 2 is 2.00 bits per heavy atom. The van der Waals surface area contributed by atoms with Gasteiger partial charge >= 0.3 is 0 Å². The van der Waals surface area contributed by atoms with Crippen molar-refractivity contribution in [2.45, 2.75) is 31.7 Å². The van der Waals surface area contributed by atoms with Gasteiger partial charge in [-0.1, -0.05) is 0 Å². The van der Waals surface area contributed by atoms with E-state index in [2.05, 4.69) is 27.5 Å². The zero-order chi connectivity index (χ0) is 11.6. The molecule has 2 N–H and O–H groups in total. The highest BCUT2D eigenvalue weighted by atomic mass is 16.5. The Hall–Kier alpha value is -1.52. The van der Waals surface area contributed by atoms with Crippen molar-refractivity contribution < 1.29 is 4.74 Å². The molecule has 5 heteroatoms. The summed E-state index contributed by atoms with van der Waals surface area (Å²) in [7, 11) is 3.45. The van der Waals surface area contributed by atoms with Gasteiger partial charge in [0, 0.05) is 12.6 Å². The van der Waals surface area contributed by atoms with Gasteiger partial charge in [-0.2, -0.15) is 0 Å². The van der Waals surface area contributed by atoms with Crippen molar-refractivity contribution in [1.82, 2.24) is 9.97 Å². The van der Waals surface area contributed by atoms with Crippen LogP contribution in [0.1, 0.15) is 26.2 Å². The third kappa shape index (κ3) is 1.89. The fourth-order valence-corrected chi connectivity index (χ4v) is 1.95. The lowest BCUT2D eigenvalue weighted by molar-refractivity contribution is 0.303. The first-order chi connectivity index (χ1) is 7.68. The van der Waals surface area contributed by atoms with Crippen LogP contribution in [-0.2, 0) is 0 Å². The molecule has 1 aromatic heterocycles. The second-order valence-corrected chi connectivity index (χ2v) is 4.39. The van der Waals surface area contributed by atoms with Gasteiger partial charge in [-0.3, -0.25) is 0 Å². The van der Waals surface area contributed by atoms with E-state index in [0.717, 1.165) is 5.82 Å². The van der Waals surface area contributed by atoms with Crippen molar-refractivity contribution in [3.8, 4) is 5.75 Å². The molecule has 5 nitrogen and oxygen atoms in total. The SMILES string of the molecule is CNc1ncnc(NC2(C)CCC2)c1OC. The smallest absolute Gasteiger partial charge is 0.204 e. The molecule has 0 bridgehead atoms. The molecule has 0 atom stereocenters. The summed E-state index contributed by atoms with van der Waals surface area (Å²) in [6, 6.07) is 0. The van der Waals surface area contributed by atoms with E-state index >= 15 is 0 Å². The van der Waals surface area contributed by atoms with Gasteiger partial charge in [-0.15, -0.1) is 0 Å². The van der Waals surface area contributed by atoms with Gasteiger partial charge in [0.2, 0.25) is 5.75 Å². The highest BCUT2D eigenvalue weighted by molar-refractivity contribution is 5.64. The third-order valence-electron chi connectivity index (χ3n) is 3.12. The lowest BCUT2D eigenvalue weighted by atomic mass is 9.78. The Morgan fingerprint density at radius 1 is 1.31 bits per heavy atom. The first-order valence-corrected chi connectivity index (χ1v) is 5.53. The van der Waals surface area contributed by atoms with E-state index < -0.39 is 0 Å². The van der Waals surface area contributed by atoms with Crippen LogP contribution in [0, 0.1) is 0 Å². The van der Waals surface area contributed by atoms with Gasteiger partial charge < -0.3 is 15.4 Å². The molecule has 1 aromatic rings. The van der Waals surface area contributed by atoms with Crippen molar-refractivity contribution in [1.29, 1.82) is 0 Å². The molecule has 2 rings (SSSR count). The van der Waals surface area contributed by atoms with E-state index in [9.17, 15) is 0 Å². The van der Waals surface area contributed by atoms with Crippen LogP contribution in [0.25, 0.3) is 0 Å². The number of methoxy groups -OCH3 is 1. The van der Waals surface area contributed by atoms with Gasteiger partial charge in [0.1, 0.15) is 6.33 Å².